The summed E-state index contributed by atoms with van der Waals surface area (Å²) in [5.74, 6) is 0.0641. The van der Waals surface area contributed by atoms with Crippen molar-refractivity contribution in [2.24, 2.45) is 4.99 Å². The summed E-state index contributed by atoms with van der Waals surface area (Å²) >= 11 is 0. The van der Waals surface area contributed by atoms with E-state index < -0.39 is 18.6 Å². The Bertz CT molecular complexity index is 831. The number of nitrogens with zero attached hydrogens (tertiary/aromatic N) is 3. The zero-order chi connectivity index (χ0) is 21.4. The molecule has 7 nitrogen and oxygen atoms in total. The Kier molecular flexibility index (Phi) is 7.63. The standard InChI is InChI=1S/C19H24F3N5O2/c1-4-23-18(25-10-16(28)27(3)12-19(20,21)22)24-9-15-11-29-17(26-15)14-7-5-13(2)6-8-14/h5-8,11H,4,9-10,12H2,1-3H3,(H2,23,24,25). The summed E-state index contributed by atoms with van der Waals surface area (Å²) in [4.78, 5) is 21.1. The number of halogens is 3. The summed E-state index contributed by atoms with van der Waals surface area (Å²) in [7, 11) is 1.10. The fourth-order valence-corrected chi connectivity index (χ4v) is 2.36. The van der Waals surface area contributed by atoms with Gasteiger partial charge in [-0.05, 0) is 26.0 Å². The Labute approximate surface area is 167 Å². The number of likely N-dealkylation sites (N-methyl/N-ethyl adjacent to an activating group) is 1. The minimum absolute atomic E-state index is 0.178. The summed E-state index contributed by atoms with van der Waals surface area (Å²) in [5, 5.41) is 5.65. The van der Waals surface area contributed by atoms with Crippen LogP contribution in [0.5, 0.6) is 0 Å². The maximum atomic E-state index is 12.4. The summed E-state index contributed by atoms with van der Waals surface area (Å²) in [5.41, 5.74) is 2.55. The van der Waals surface area contributed by atoms with E-state index in [9.17, 15) is 18.0 Å². The molecule has 10 heteroatoms. The molecular weight excluding hydrogens is 387 g/mol. The average molecular weight is 411 g/mol. The second-order valence-electron chi connectivity index (χ2n) is 6.42. The lowest BCUT2D eigenvalue weighted by Crippen LogP contribution is -2.45. The SMILES string of the molecule is CCNC(=NCc1coc(-c2ccc(C)cc2)n1)NCC(=O)N(C)CC(F)(F)F. The highest BCUT2D eigenvalue weighted by Gasteiger charge is 2.31. The Hall–Kier alpha value is -3.04. The van der Waals surface area contributed by atoms with Gasteiger partial charge in [0.25, 0.3) is 0 Å². The van der Waals surface area contributed by atoms with E-state index in [0.717, 1.165) is 18.2 Å². The molecule has 0 atom stereocenters. The van der Waals surface area contributed by atoms with Gasteiger partial charge >= 0.3 is 6.18 Å². The number of aryl methyl sites for hydroxylation is 1. The van der Waals surface area contributed by atoms with E-state index >= 15 is 0 Å². The Balaban J connectivity index is 1.95. The van der Waals surface area contributed by atoms with E-state index in [1.54, 1.807) is 0 Å². The monoisotopic (exact) mass is 411 g/mol. The molecule has 0 bridgehead atoms. The molecule has 1 aromatic heterocycles. The van der Waals surface area contributed by atoms with Crippen LogP contribution in [0, 0.1) is 6.92 Å². The third kappa shape index (κ3) is 7.47. The first-order valence-corrected chi connectivity index (χ1v) is 9.02. The van der Waals surface area contributed by atoms with Gasteiger partial charge in [-0.1, -0.05) is 17.7 Å². The lowest BCUT2D eigenvalue weighted by Gasteiger charge is -2.19. The van der Waals surface area contributed by atoms with E-state index in [1.165, 1.54) is 6.26 Å². The average Bonchev–Trinajstić information content (AvgIpc) is 3.12. The number of carbonyl (C=O) groups excluding carboxylic acids is 1. The second-order valence-corrected chi connectivity index (χ2v) is 6.42. The van der Waals surface area contributed by atoms with Crippen molar-refractivity contribution in [3.05, 3.63) is 41.8 Å². The van der Waals surface area contributed by atoms with E-state index in [-0.39, 0.29) is 13.1 Å². The zero-order valence-electron chi connectivity index (χ0n) is 16.5. The molecule has 2 aromatic rings. The van der Waals surface area contributed by atoms with E-state index in [4.69, 9.17) is 4.42 Å². The first kappa shape index (κ1) is 22.3. The number of nitrogens with one attached hydrogen (secondary N) is 2. The smallest absolute Gasteiger partial charge is 0.406 e. The van der Waals surface area contributed by atoms with Crippen molar-refractivity contribution < 1.29 is 22.4 Å². The molecule has 0 radical (unpaired) electrons. The van der Waals surface area contributed by atoms with Crippen molar-refractivity contribution >= 4 is 11.9 Å². The van der Waals surface area contributed by atoms with Crippen molar-refractivity contribution in [3.8, 4) is 11.5 Å². The lowest BCUT2D eigenvalue weighted by atomic mass is 10.1. The van der Waals surface area contributed by atoms with Gasteiger partial charge in [-0.3, -0.25) is 4.79 Å². The number of aromatic nitrogens is 1. The lowest BCUT2D eigenvalue weighted by molar-refractivity contribution is -0.157. The number of guanidine groups is 1. The van der Waals surface area contributed by atoms with Gasteiger partial charge in [-0.15, -0.1) is 0 Å². The number of oxazole rings is 1. The van der Waals surface area contributed by atoms with Crippen LogP contribution in [0.1, 0.15) is 18.2 Å². The number of carbonyl (C=O) groups is 1. The molecule has 29 heavy (non-hydrogen) atoms. The van der Waals surface area contributed by atoms with Gasteiger partial charge in [0.1, 0.15) is 18.5 Å². The number of benzene rings is 1. The molecule has 0 aliphatic rings. The molecule has 0 saturated carbocycles. The van der Waals surface area contributed by atoms with Crippen LogP contribution in [0.25, 0.3) is 11.5 Å². The van der Waals surface area contributed by atoms with Gasteiger partial charge in [0, 0.05) is 19.2 Å². The molecule has 2 N–H and O–H groups in total. The number of rotatable bonds is 7. The molecule has 1 aromatic carbocycles. The summed E-state index contributed by atoms with van der Waals surface area (Å²) < 4.78 is 42.6. The number of hydrogen-bond acceptors (Lipinski definition) is 4. The van der Waals surface area contributed by atoms with Gasteiger partial charge in [0.05, 0.1) is 13.1 Å². The third-order valence-electron chi connectivity index (χ3n) is 3.84. The van der Waals surface area contributed by atoms with E-state index in [1.807, 2.05) is 38.1 Å². The first-order chi connectivity index (χ1) is 13.7. The first-order valence-electron chi connectivity index (χ1n) is 9.02. The fourth-order valence-electron chi connectivity index (χ4n) is 2.36. The Morgan fingerprint density at radius 2 is 1.93 bits per heavy atom. The normalized spacial score (nSPS) is 12.0. The minimum atomic E-state index is -4.44. The molecule has 0 spiro atoms. The number of hydrogen-bond donors (Lipinski definition) is 2. The van der Waals surface area contributed by atoms with Crippen molar-refractivity contribution in [1.29, 1.82) is 0 Å². The van der Waals surface area contributed by atoms with Crippen LogP contribution in [0.2, 0.25) is 0 Å². The molecular formula is C19H24F3N5O2. The molecule has 1 amide bonds. The third-order valence-corrected chi connectivity index (χ3v) is 3.84. The molecule has 0 aliphatic carbocycles. The summed E-state index contributed by atoms with van der Waals surface area (Å²) in [6, 6.07) is 7.72. The van der Waals surface area contributed by atoms with Crippen molar-refractivity contribution in [2.75, 3.05) is 26.7 Å². The Morgan fingerprint density at radius 3 is 2.55 bits per heavy atom. The molecule has 2 rings (SSSR count). The van der Waals surface area contributed by atoms with Gasteiger partial charge in [0.15, 0.2) is 5.96 Å². The Morgan fingerprint density at radius 1 is 1.24 bits per heavy atom. The quantitative estimate of drug-likeness (QED) is 0.541. The van der Waals surface area contributed by atoms with Crippen LogP contribution >= 0.6 is 0 Å². The molecule has 0 saturated heterocycles. The zero-order valence-corrected chi connectivity index (χ0v) is 16.5. The largest absolute Gasteiger partial charge is 0.444 e. The molecule has 158 valence electrons. The molecule has 0 fully saturated rings. The van der Waals surface area contributed by atoms with Gasteiger partial charge < -0.3 is 20.0 Å². The highest BCUT2D eigenvalue weighted by atomic mass is 19.4. The van der Waals surface area contributed by atoms with Crippen molar-refractivity contribution in [1.82, 2.24) is 20.5 Å². The van der Waals surface area contributed by atoms with E-state index in [0.29, 0.717) is 29.0 Å². The highest BCUT2D eigenvalue weighted by Crippen LogP contribution is 2.19. The van der Waals surface area contributed by atoms with Crippen molar-refractivity contribution in [2.45, 2.75) is 26.6 Å². The highest BCUT2D eigenvalue weighted by molar-refractivity contribution is 5.86. The maximum Gasteiger partial charge on any atom is 0.406 e. The van der Waals surface area contributed by atoms with Crippen LogP contribution in [0.15, 0.2) is 39.9 Å². The van der Waals surface area contributed by atoms with Crippen molar-refractivity contribution in [3.63, 3.8) is 0 Å². The number of alkyl halides is 3. The summed E-state index contributed by atoms with van der Waals surface area (Å²) in [6.45, 7) is 2.90. The second kappa shape index (κ2) is 9.94. The van der Waals surface area contributed by atoms with Crippen LogP contribution in [0.3, 0.4) is 0 Å². The topological polar surface area (TPSA) is 82.8 Å². The maximum absolute atomic E-state index is 12.4. The molecule has 0 aliphatic heterocycles. The number of amides is 1. The number of aliphatic imine (C=N–C) groups is 1. The van der Waals surface area contributed by atoms with Crippen LogP contribution in [-0.4, -0.2) is 54.6 Å². The van der Waals surface area contributed by atoms with Gasteiger partial charge in [0.2, 0.25) is 11.8 Å². The predicted octanol–water partition coefficient (Wildman–Crippen LogP) is 2.73. The van der Waals surface area contributed by atoms with Crippen LogP contribution < -0.4 is 10.6 Å². The van der Waals surface area contributed by atoms with Crippen LogP contribution in [-0.2, 0) is 11.3 Å². The fraction of sp³-hybridized carbons (Fsp3) is 0.421. The summed E-state index contributed by atoms with van der Waals surface area (Å²) in [6.07, 6.45) is -2.95. The van der Waals surface area contributed by atoms with Gasteiger partial charge in [-0.25, -0.2) is 9.98 Å². The molecule has 1 heterocycles. The van der Waals surface area contributed by atoms with Gasteiger partial charge in [-0.2, -0.15) is 13.2 Å². The van der Waals surface area contributed by atoms with Crippen LogP contribution in [0.4, 0.5) is 13.2 Å². The molecule has 0 unspecified atom stereocenters. The predicted molar refractivity (Wildman–Crippen MR) is 103 cm³/mol. The van der Waals surface area contributed by atoms with E-state index in [2.05, 4.69) is 20.6 Å². The minimum Gasteiger partial charge on any atom is -0.444 e.